The van der Waals surface area contributed by atoms with Crippen LogP contribution in [0, 0.1) is 17.8 Å². The van der Waals surface area contributed by atoms with Crippen LogP contribution < -0.4 is 11.0 Å². The van der Waals surface area contributed by atoms with E-state index in [9.17, 15) is 9.59 Å². The van der Waals surface area contributed by atoms with E-state index in [1.807, 2.05) is 12.1 Å². The van der Waals surface area contributed by atoms with Crippen LogP contribution in [0.15, 0.2) is 45.9 Å². The summed E-state index contributed by atoms with van der Waals surface area (Å²) in [5.41, 5.74) is 0.956. The van der Waals surface area contributed by atoms with Crippen molar-refractivity contribution in [2.75, 3.05) is 0 Å². The Kier molecular flexibility index (Phi) is 3.95. The molecular weight excluding hydrogens is 380 g/mol. The summed E-state index contributed by atoms with van der Waals surface area (Å²) in [5, 5.41) is 3.37. The molecule has 1 amide bonds. The largest absolute Gasteiger partial charge is 0.467 e. The van der Waals surface area contributed by atoms with Crippen LogP contribution in [0.2, 0.25) is 0 Å². The molecule has 0 spiro atoms. The molecule has 4 fully saturated rings. The molecule has 1 N–H and O–H groups in total. The first-order valence-corrected chi connectivity index (χ1v) is 11.0. The molecule has 7 nitrogen and oxygen atoms in total. The Hall–Kier alpha value is -2.83. The fourth-order valence-electron chi connectivity index (χ4n) is 6.74. The fourth-order valence-corrected chi connectivity index (χ4v) is 6.74. The molecule has 3 heterocycles. The highest BCUT2D eigenvalue weighted by Crippen LogP contribution is 2.55. The van der Waals surface area contributed by atoms with E-state index in [4.69, 9.17) is 4.42 Å². The molecule has 3 aromatic rings. The van der Waals surface area contributed by atoms with Crippen LogP contribution in [-0.2, 0) is 17.9 Å². The number of fused-ring (bicyclic) bond motifs is 1. The maximum absolute atomic E-state index is 13.2. The monoisotopic (exact) mass is 406 g/mol. The molecule has 0 unspecified atom stereocenters. The van der Waals surface area contributed by atoms with Crippen molar-refractivity contribution in [3.05, 3.63) is 53.0 Å². The van der Waals surface area contributed by atoms with E-state index in [2.05, 4.69) is 10.3 Å². The zero-order valence-corrected chi connectivity index (χ0v) is 16.9. The van der Waals surface area contributed by atoms with Gasteiger partial charge >= 0.3 is 5.69 Å². The lowest BCUT2D eigenvalue weighted by atomic mass is 9.53. The van der Waals surface area contributed by atoms with Gasteiger partial charge in [-0.3, -0.25) is 13.9 Å². The second-order valence-corrected chi connectivity index (χ2v) is 9.63. The van der Waals surface area contributed by atoms with Gasteiger partial charge in [0.05, 0.1) is 18.3 Å². The van der Waals surface area contributed by atoms with Gasteiger partial charge in [0, 0.05) is 11.7 Å². The minimum absolute atomic E-state index is 0.0218. The average molecular weight is 406 g/mol. The number of furan rings is 1. The van der Waals surface area contributed by atoms with Gasteiger partial charge in [-0.05, 0) is 80.5 Å². The van der Waals surface area contributed by atoms with Crippen molar-refractivity contribution < 1.29 is 9.21 Å². The number of rotatable bonds is 5. The highest BCUT2D eigenvalue weighted by atomic mass is 16.3. The minimum atomic E-state index is -0.235. The lowest BCUT2D eigenvalue weighted by molar-refractivity contribution is -0.127. The van der Waals surface area contributed by atoms with E-state index in [-0.39, 0.29) is 23.7 Å². The molecule has 0 atom stereocenters. The summed E-state index contributed by atoms with van der Waals surface area (Å²) in [6.45, 7) is 0.316. The Balaban J connectivity index is 1.28. The van der Waals surface area contributed by atoms with Crippen LogP contribution in [0.25, 0.3) is 11.2 Å². The van der Waals surface area contributed by atoms with Gasteiger partial charge in [0.1, 0.15) is 12.3 Å². The summed E-state index contributed by atoms with van der Waals surface area (Å²) in [6.07, 6.45) is 10.6. The van der Waals surface area contributed by atoms with Gasteiger partial charge in [0.2, 0.25) is 5.91 Å². The zero-order chi connectivity index (χ0) is 20.3. The van der Waals surface area contributed by atoms with Crippen LogP contribution in [0.5, 0.6) is 0 Å². The number of aromatic nitrogens is 3. The second kappa shape index (κ2) is 6.59. The highest BCUT2D eigenvalue weighted by molar-refractivity contribution is 5.80. The third-order valence-electron chi connectivity index (χ3n) is 7.41. The van der Waals surface area contributed by atoms with Crippen LogP contribution in [-0.4, -0.2) is 25.6 Å². The Morgan fingerprint density at radius 2 is 1.83 bits per heavy atom. The van der Waals surface area contributed by atoms with Crippen molar-refractivity contribution in [2.24, 2.45) is 17.8 Å². The topological polar surface area (TPSA) is 82.1 Å². The number of imidazole rings is 1. The Labute approximate surface area is 174 Å². The molecule has 0 saturated heterocycles. The molecule has 4 bridgehead atoms. The number of carbonyl (C=O) groups excluding carboxylic acids is 1. The van der Waals surface area contributed by atoms with Crippen molar-refractivity contribution >= 4 is 17.1 Å². The van der Waals surface area contributed by atoms with Gasteiger partial charge in [0.25, 0.3) is 0 Å². The van der Waals surface area contributed by atoms with Crippen molar-refractivity contribution in [1.29, 1.82) is 0 Å². The number of pyridine rings is 1. The summed E-state index contributed by atoms with van der Waals surface area (Å²) < 4.78 is 8.53. The molecule has 4 aliphatic rings. The van der Waals surface area contributed by atoms with Gasteiger partial charge in [-0.1, -0.05) is 0 Å². The molecule has 0 aliphatic heterocycles. The molecule has 0 radical (unpaired) electrons. The molecule has 7 heteroatoms. The van der Waals surface area contributed by atoms with Crippen LogP contribution in [0.3, 0.4) is 0 Å². The maximum Gasteiger partial charge on any atom is 0.331 e. The Morgan fingerprint density at radius 1 is 1.10 bits per heavy atom. The van der Waals surface area contributed by atoms with Crippen molar-refractivity contribution in [3.63, 3.8) is 0 Å². The number of carbonyl (C=O) groups is 1. The predicted octanol–water partition coefficient (Wildman–Crippen LogP) is 2.92. The van der Waals surface area contributed by atoms with Crippen LogP contribution in [0.1, 0.15) is 44.3 Å². The van der Waals surface area contributed by atoms with E-state index >= 15 is 0 Å². The summed E-state index contributed by atoms with van der Waals surface area (Å²) in [4.78, 5) is 30.7. The first kappa shape index (κ1) is 18.0. The van der Waals surface area contributed by atoms with Crippen molar-refractivity contribution in [1.82, 2.24) is 19.4 Å². The summed E-state index contributed by atoms with van der Waals surface area (Å²) in [6, 6.07) is 7.27. The summed E-state index contributed by atoms with van der Waals surface area (Å²) >= 11 is 0. The average Bonchev–Trinajstić information content (AvgIpc) is 3.29. The van der Waals surface area contributed by atoms with Gasteiger partial charge in [-0.2, -0.15) is 0 Å². The van der Waals surface area contributed by atoms with Gasteiger partial charge in [-0.25, -0.2) is 9.78 Å². The van der Waals surface area contributed by atoms with Crippen molar-refractivity contribution in [2.45, 2.75) is 57.2 Å². The molecule has 3 aromatic heterocycles. The smallest absolute Gasteiger partial charge is 0.331 e. The summed E-state index contributed by atoms with van der Waals surface area (Å²) in [5.74, 6) is 2.90. The zero-order valence-electron chi connectivity index (χ0n) is 16.9. The fraction of sp³-hybridized carbons (Fsp3) is 0.522. The number of hydrogen-bond acceptors (Lipinski definition) is 4. The first-order chi connectivity index (χ1) is 14.6. The number of amides is 1. The Bertz CT molecular complexity index is 1120. The first-order valence-electron chi connectivity index (χ1n) is 11.0. The molecule has 156 valence electrons. The van der Waals surface area contributed by atoms with E-state index < -0.39 is 0 Å². The van der Waals surface area contributed by atoms with Gasteiger partial charge < -0.3 is 9.73 Å². The maximum atomic E-state index is 13.2. The van der Waals surface area contributed by atoms with E-state index in [1.165, 1.54) is 19.3 Å². The second-order valence-electron chi connectivity index (χ2n) is 9.63. The quantitative estimate of drug-likeness (QED) is 0.706. The molecule has 4 aliphatic carbocycles. The van der Waals surface area contributed by atoms with Crippen molar-refractivity contribution in [3.8, 4) is 0 Å². The third kappa shape index (κ3) is 2.90. The lowest BCUT2D eigenvalue weighted by Crippen LogP contribution is -2.60. The van der Waals surface area contributed by atoms with Gasteiger partial charge in [-0.15, -0.1) is 0 Å². The molecular formula is C23H26N4O3. The number of nitrogens with zero attached hydrogens (tertiary/aromatic N) is 3. The van der Waals surface area contributed by atoms with Gasteiger partial charge in [0.15, 0.2) is 5.65 Å². The SMILES string of the molecule is O=C(Cn1c(=O)n(Cc2ccco2)c2ncccc21)NC12CC3CC(CC(C3)C1)C2. The van der Waals surface area contributed by atoms with Crippen LogP contribution >= 0.6 is 0 Å². The number of nitrogens with one attached hydrogen (secondary N) is 1. The standard InChI is InChI=1S/C23H26N4O3/c28-20(25-23-10-15-7-16(11-23)9-17(8-15)12-23)14-26-19-4-1-5-24-21(19)27(22(26)29)13-18-3-2-6-30-18/h1-6,15-17H,7-14H2,(H,25,28). The van der Waals surface area contributed by atoms with E-state index in [1.54, 1.807) is 33.7 Å². The molecule has 4 saturated carbocycles. The Morgan fingerprint density at radius 3 is 2.50 bits per heavy atom. The predicted molar refractivity (Wildman–Crippen MR) is 111 cm³/mol. The highest BCUT2D eigenvalue weighted by Gasteiger charge is 2.51. The molecule has 30 heavy (non-hydrogen) atoms. The van der Waals surface area contributed by atoms with Crippen LogP contribution in [0.4, 0.5) is 0 Å². The van der Waals surface area contributed by atoms with E-state index in [0.717, 1.165) is 37.0 Å². The third-order valence-corrected chi connectivity index (χ3v) is 7.41. The minimum Gasteiger partial charge on any atom is -0.467 e. The lowest BCUT2D eigenvalue weighted by Gasteiger charge is -2.56. The molecule has 0 aromatic carbocycles. The normalized spacial score (nSPS) is 29.5. The summed E-state index contributed by atoms with van der Waals surface area (Å²) in [7, 11) is 0. The number of hydrogen-bond donors (Lipinski definition) is 1. The van der Waals surface area contributed by atoms with E-state index in [0.29, 0.717) is 23.5 Å². The molecule has 7 rings (SSSR count).